The van der Waals surface area contributed by atoms with Gasteiger partial charge < -0.3 is 14.1 Å². The number of anilines is 1. The standard InChI is InChI=1S/C22H18Cl2F3NO3/c1-2-3-4-12-7-19(29)31-20-14(12)9-17(24)21-15(20)10-28(11-30-21)18-8-13(22(25,26)27)5-6-16(18)23/h5-9H,2-4,10-11H2,1H3. The first kappa shape index (κ1) is 21.8. The van der Waals surface area contributed by atoms with Gasteiger partial charge in [-0.3, -0.25) is 0 Å². The molecule has 2 aromatic carbocycles. The second kappa shape index (κ2) is 8.28. The average molecular weight is 472 g/mol. The smallest absolute Gasteiger partial charge is 0.416 e. The van der Waals surface area contributed by atoms with Gasteiger partial charge in [-0.25, -0.2) is 4.79 Å². The number of nitrogens with zero attached hydrogens (tertiary/aromatic N) is 1. The van der Waals surface area contributed by atoms with Gasteiger partial charge in [0.25, 0.3) is 0 Å². The molecular formula is C22H18Cl2F3NO3. The lowest BCUT2D eigenvalue weighted by molar-refractivity contribution is -0.137. The van der Waals surface area contributed by atoms with Gasteiger partial charge in [0.1, 0.15) is 11.3 Å². The van der Waals surface area contributed by atoms with E-state index >= 15 is 0 Å². The van der Waals surface area contributed by atoms with Crippen molar-refractivity contribution in [3.05, 3.63) is 67.5 Å². The van der Waals surface area contributed by atoms with Crippen LogP contribution in [0.2, 0.25) is 10.0 Å². The summed E-state index contributed by atoms with van der Waals surface area (Å²) in [5, 5.41) is 1.19. The van der Waals surface area contributed by atoms with E-state index in [1.165, 1.54) is 12.1 Å². The lowest BCUT2D eigenvalue weighted by atomic mass is 10.0. The van der Waals surface area contributed by atoms with E-state index in [1.54, 1.807) is 11.0 Å². The molecule has 0 bridgehead atoms. The van der Waals surface area contributed by atoms with Crippen LogP contribution in [0, 0.1) is 0 Å². The zero-order valence-corrected chi connectivity index (χ0v) is 18.0. The summed E-state index contributed by atoms with van der Waals surface area (Å²) >= 11 is 12.6. The Hall–Kier alpha value is -2.38. The summed E-state index contributed by atoms with van der Waals surface area (Å²) in [5.41, 5.74) is 0.481. The molecule has 4 nitrogen and oxygen atoms in total. The summed E-state index contributed by atoms with van der Waals surface area (Å²) in [6, 6.07) is 6.26. The Morgan fingerprint density at radius 1 is 1.13 bits per heavy atom. The maximum absolute atomic E-state index is 13.2. The number of alkyl halides is 3. The third kappa shape index (κ3) is 4.21. The van der Waals surface area contributed by atoms with Gasteiger partial charge in [0.15, 0.2) is 6.73 Å². The van der Waals surface area contributed by atoms with Crippen LogP contribution in [0.4, 0.5) is 18.9 Å². The van der Waals surface area contributed by atoms with E-state index in [9.17, 15) is 18.0 Å². The SMILES string of the molecule is CCCCc1cc(=O)oc2c3c(c(Cl)cc12)OCN(c1cc(C(F)(F)F)ccc1Cl)C3. The minimum atomic E-state index is -4.51. The van der Waals surface area contributed by atoms with Crippen molar-refractivity contribution < 1.29 is 22.3 Å². The van der Waals surface area contributed by atoms with E-state index in [2.05, 4.69) is 0 Å². The van der Waals surface area contributed by atoms with E-state index in [0.29, 0.717) is 33.7 Å². The Morgan fingerprint density at radius 3 is 2.61 bits per heavy atom. The highest BCUT2D eigenvalue weighted by molar-refractivity contribution is 6.33. The van der Waals surface area contributed by atoms with E-state index in [1.807, 2.05) is 6.92 Å². The molecule has 3 aromatic rings. The van der Waals surface area contributed by atoms with Gasteiger partial charge in [-0.2, -0.15) is 13.2 Å². The summed E-state index contributed by atoms with van der Waals surface area (Å²) in [7, 11) is 0. The first-order valence-corrected chi connectivity index (χ1v) is 10.5. The molecule has 1 aliphatic heterocycles. The second-order valence-corrected chi connectivity index (χ2v) is 8.19. The van der Waals surface area contributed by atoms with Crippen molar-refractivity contribution in [1.29, 1.82) is 0 Å². The predicted molar refractivity (Wildman–Crippen MR) is 114 cm³/mol. The Morgan fingerprint density at radius 2 is 1.90 bits per heavy atom. The van der Waals surface area contributed by atoms with Crippen LogP contribution < -0.4 is 15.3 Å². The molecule has 4 rings (SSSR count). The molecule has 0 spiro atoms. The molecule has 9 heteroatoms. The summed E-state index contributed by atoms with van der Waals surface area (Å²) in [6.07, 6.45) is -2.00. The van der Waals surface area contributed by atoms with Crippen molar-refractivity contribution >= 4 is 39.9 Å². The number of benzene rings is 2. The van der Waals surface area contributed by atoms with E-state index in [4.69, 9.17) is 32.4 Å². The fourth-order valence-corrected chi connectivity index (χ4v) is 4.23. The Bertz CT molecular complexity index is 1210. The first-order chi connectivity index (χ1) is 14.7. The number of unbranched alkanes of at least 4 members (excludes halogenated alkanes) is 1. The van der Waals surface area contributed by atoms with Gasteiger partial charge in [0.2, 0.25) is 0 Å². The minimum Gasteiger partial charge on any atom is -0.471 e. The molecule has 0 fully saturated rings. The predicted octanol–water partition coefficient (Wildman–Crippen LogP) is 6.82. The van der Waals surface area contributed by atoms with Gasteiger partial charge in [0.05, 0.1) is 33.4 Å². The number of halogens is 5. The van der Waals surface area contributed by atoms with Crippen molar-refractivity contribution in [2.75, 3.05) is 11.6 Å². The zero-order valence-electron chi connectivity index (χ0n) is 16.5. The highest BCUT2D eigenvalue weighted by Gasteiger charge is 2.33. The molecule has 1 aliphatic rings. The molecule has 164 valence electrons. The number of fused-ring (bicyclic) bond motifs is 3. The molecule has 0 radical (unpaired) electrons. The molecule has 0 saturated heterocycles. The average Bonchev–Trinajstić information content (AvgIpc) is 2.72. The molecule has 1 aromatic heterocycles. The zero-order chi connectivity index (χ0) is 22.3. The number of ether oxygens (including phenoxy) is 1. The molecule has 0 amide bonds. The van der Waals surface area contributed by atoms with E-state index < -0.39 is 17.4 Å². The van der Waals surface area contributed by atoms with Crippen LogP contribution in [0.25, 0.3) is 11.0 Å². The van der Waals surface area contributed by atoms with Crippen LogP contribution in [0.3, 0.4) is 0 Å². The lowest BCUT2D eigenvalue weighted by Crippen LogP contribution is -2.32. The molecule has 31 heavy (non-hydrogen) atoms. The molecule has 2 heterocycles. The van der Waals surface area contributed by atoms with Crippen molar-refractivity contribution in [1.82, 2.24) is 0 Å². The fourth-order valence-electron chi connectivity index (χ4n) is 3.71. The summed E-state index contributed by atoms with van der Waals surface area (Å²) in [5.74, 6) is 0.351. The van der Waals surface area contributed by atoms with Gasteiger partial charge in [-0.1, -0.05) is 36.5 Å². The van der Waals surface area contributed by atoms with Gasteiger partial charge in [-0.15, -0.1) is 0 Å². The minimum absolute atomic E-state index is 0.0565. The summed E-state index contributed by atoms with van der Waals surface area (Å²) in [4.78, 5) is 13.7. The molecule has 0 atom stereocenters. The fraction of sp³-hybridized carbons (Fsp3) is 0.318. The summed E-state index contributed by atoms with van der Waals surface area (Å²) < 4.78 is 50.8. The number of rotatable bonds is 4. The third-order valence-electron chi connectivity index (χ3n) is 5.25. The van der Waals surface area contributed by atoms with Crippen LogP contribution in [-0.2, 0) is 19.1 Å². The first-order valence-electron chi connectivity index (χ1n) is 9.71. The van der Waals surface area contributed by atoms with E-state index in [0.717, 1.165) is 30.5 Å². The highest BCUT2D eigenvalue weighted by atomic mass is 35.5. The summed E-state index contributed by atoms with van der Waals surface area (Å²) in [6.45, 7) is 2.11. The lowest BCUT2D eigenvalue weighted by Gasteiger charge is -2.32. The van der Waals surface area contributed by atoms with Gasteiger partial charge in [-0.05, 0) is 42.7 Å². The molecule has 0 unspecified atom stereocenters. The Balaban J connectivity index is 1.83. The normalized spacial score (nSPS) is 13.9. The Labute approximate surface area is 186 Å². The van der Waals surface area contributed by atoms with Crippen molar-refractivity contribution in [2.45, 2.75) is 38.9 Å². The number of hydrogen-bond acceptors (Lipinski definition) is 4. The van der Waals surface area contributed by atoms with Gasteiger partial charge >= 0.3 is 11.8 Å². The Kier molecular flexibility index (Phi) is 5.83. The van der Waals surface area contributed by atoms with E-state index in [-0.39, 0.29) is 24.0 Å². The maximum Gasteiger partial charge on any atom is 0.416 e. The van der Waals surface area contributed by atoms with Crippen molar-refractivity contribution in [2.24, 2.45) is 0 Å². The van der Waals surface area contributed by atoms with Crippen LogP contribution in [-0.4, -0.2) is 6.73 Å². The molecular weight excluding hydrogens is 454 g/mol. The topological polar surface area (TPSA) is 42.7 Å². The van der Waals surface area contributed by atoms with Crippen LogP contribution >= 0.6 is 23.2 Å². The quantitative estimate of drug-likeness (QED) is 0.391. The van der Waals surface area contributed by atoms with Crippen LogP contribution in [0.5, 0.6) is 5.75 Å². The van der Waals surface area contributed by atoms with Crippen LogP contribution in [0.15, 0.2) is 39.5 Å². The number of hydrogen-bond donors (Lipinski definition) is 0. The van der Waals surface area contributed by atoms with Crippen molar-refractivity contribution in [3.63, 3.8) is 0 Å². The largest absolute Gasteiger partial charge is 0.471 e. The highest BCUT2D eigenvalue weighted by Crippen LogP contribution is 2.42. The number of aryl methyl sites for hydroxylation is 1. The maximum atomic E-state index is 13.2. The molecule has 0 N–H and O–H groups in total. The van der Waals surface area contributed by atoms with Crippen molar-refractivity contribution in [3.8, 4) is 5.75 Å². The van der Waals surface area contributed by atoms with Gasteiger partial charge in [0, 0.05) is 11.5 Å². The second-order valence-electron chi connectivity index (χ2n) is 7.37. The molecule has 0 aliphatic carbocycles. The molecule has 0 saturated carbocycles. The van der Waals surface area contributed by atoms with Crippen LogP contribution in [0.1, 0.15) is 36.5 Å². The third-order valence-corrected chi connectivity index (χ3v) is 5.85. The monoisotopic (exact) mass is 471 g/mol.